The monoisotopic (exact) mass is 269 g/mol. The molecule has 0 fully saturated rings. The van der Waals surface area contributed by atoms with Gasteiger partial charge in [0.2, 0.25) is 0 Å². The maximum absolute atomic E-state index is 12.2. The van der Waals surface area contributed by atoms with Gasteiger partial charge in [0, 0.05) is 23.1 Å². The maximum atomic E-state index is 12.2. The van der Waals surface area contributed by atoms with Gasteiger partial charge in [0.05, 0.1) is 28.8 Å². The lowest BCUT2D eigenvalue weighted by atomic mass is 10.1. The van der Waals surface area contributed by atoms with E-state index in [2.05, 4.69) is 4.98 Å². The highest BCUT2D eigenvalue weighted by molar-refractivity contribution is 6.44. The van der Waals surface area contributed by atoms with Crippen LogP contribution in [0.3, 0.4) is 0 Å². The van der Waals surface area contributed by atoms with E-state index in [-0.39, 0.29) is 5.43 Å². The summed E-state index contributed by atoms with van der Waals surface area (Å²) >= 11 is 12.1. The number of ether oxygens (including phenoxy) is 1. The van der Waals surface area contributed by atoms with Crippen LogP contribution in [0.4, 0.5) is 0 Å². The second kappa shape index (κ2) is 4.02. The van der Waals surface area contributed by atoms with Crippen LogP contribution in [0.25, 0.3) is 10.9 Å². The Morgan fingerprint density at radius 2 is 2.12 bits per heavy atom. The zero-order valence-electron chi connectivity index (χ0n) is 8.85. The van der Waals surface area contributed by atoms with Gasteiger partial charge in [0.15, 0.2) is 5.43 Å². The Morgan fingerprint density at radius 3 is 2.94 bits per heavy atom. The minimum Gasteiger partial charge on any atom is -0.376 e. The van der Waals surface area contributed by atoms with Crippen molar-refractivity contribution in [2.45, 2.75) is 13.0 Å². The summed E-state index contributed by atoms with van der Waals surface area (Å²) in [5.41, 5.74) is 2.19. The summed E-state index contributed by atoms with van der Waals surface area (Å²) in [4.78, 5) is 15.4. The van der Waals surface area contributed by atoms with E-state index in [1.807, 2.05) is 0 Å². The number of halogens is 2. The van der Waals surface area contributed by atoms with Crippen molar-refractivity contribution in [2.24, 2.45) is 0 Å². The molecule has 1 aromatic heterocycles. The number of nitrogens with one attached hydrogen (secondary N) is 1. The number of hydrogen-bond donors (Lipinski definition) is 1. The lowest BCUT2D eigenvalue weighted by Crippen LogP contribution is -2.21. The Kier molecular flexibility index (Phi) is 2.62. The zero-order chi connectivity index (χ0) is 12.0. The van der Waals surface area contributed by atoms with Crippen molar-refractivity contribution in [3.8, 4) is 0 Å². The first-order chi connectivity index (χ1) is 8.18. The van der Waals surface area contributed by atoms with Crippen molar-refractivity contribution >= 4 is 34.1 Å². The van der Waals surface area contributed by atoms with E-state index in [0.29, 0.717) is 46.1 Å². The smallest absolute Gasteiger partial charge is 0.195 e. The number of rotatable bonds is 0. The van der Waals surface area contributed by atoms with E-state index < -0.39 is 0 Å². The van der Waals surface area contributed by atoms with Crippen molar-refractivity contribution < 1.29 is 4.74 Å². The van der Waals surface area contributed by atoms with Crippen molar-refractivity contribution in [3.63, 3.8) is 0 Å². The summed E-state index contributed by atoms with van der Waals surface area (Å²) in [5, 5.41) is 1.40. The van der Waals surface area contributed by atoms with Crippen molar-refractivity contribution in [1.29, 1.82) is 0 Å². The molecule has 0 amide bonds. The third-order valence-corrected chi connectivity index (χ3v) is 3.80. The van der Waals surface area contributed by atoms with Crippen LogP contribution in [0, 0.1) is 0 Å². The van der Waals surface area contributed by atoms with Gasteiger partial charge in [-0.05, 0) is 12.1 Å². The fourth-order valence-corrected chi connectivity index (χ4v) is 2.47. The first kappa shape index (κ1) is 11.1. The third kappa shape index (κ3) is 1.66. The molecular weight excluding hydrogens is 261 g/mol. The molecule has 0 spiro atoms. The molecule has 17 heavy (non-hydrogen) atoms. The van der Waals surface area contributed by atoms with Crippen LogP contribution in [-0.2, 0) is 17.8 Å². The number of fused-ring (bicyclic) bond motifs is 2. The molecule has 88 valence electrons. The molecule has 0 unspecified atom stereocenters. The highest BCUT2D eigenvalue weighted by Crippen LogP contribution is 2.29. The lowest BCUT2D eigenvalue weighted by molar-refractivity contribution is 0.109. The van der Waals surface area contributed by atoms with E-state index in [0.717, 1.165) is 5.69 Å². The number of aromatic amines is 1. The molecule has 1 aliphatic rings. The molecule has 1 N–H and O–H groups in total. The number of hydrogen-bond acceptors (Lipinski definition) is 2. The zero-order valence-corrected chi connectivity index (χ0v) is 10.4. The summed E-state index contributed by atoms with van der Waals surface area (Å²) in [7, 11) is 0. The van der Waals surface area contributed by atoms with Crippen LogP contribution >= 0.6 is 23.2 Å². The summed E-state index contributed by atoms with van der Waals surface area (Å²) < 4.78 is 5.30. The molecule has 5 heteroatoms. The molecule has 0 saturated carbocycles. The molecule has 3 nitrogen and oxygen atoms in total. The molecule has 2 aromatic rings. The molecule has 0 aliphatic carbocycles. The summed E-state index contributed by atoms with van der Waals surface area (Å²) in [6.45, 7) is 0.980. The summed E-state index contributed by atoms with van der Waals surface area (Å²) in [6.07, 6.45) is 0.698. The minimum atomic E-state index is -0.0213. The number of pyridine rings is 1. The SMILES string of the molecule is O=c1c2c([nH]c3c(Cl)c(Cl)ccc13)CCOC2. The van der Waals surface area contributed by atoms with E-state index in [4.69, 9.17) is 27.9 Å². The third-order valence-electron chi connectivity index (χ3n) is 3.00. The number of benzene rings is 1. The molecule has 0 bridgehead atoms. The lowest BCUT2D eigenvalue weighted by Gasteiger charge is -2.17. The van der Waals surface area contributed by atoms with Crippen molar-refractivity contribution in [1.82, 2.24) is 4.98 Å². The van der Waals surface area contributed by atoms with Crippen LogP contribution in [-0.4, -0.2) is 11.6 Å². The van der Waals surface area contributed by atoms with E-state index in [9.17, 15) is 4.79 Å². The fourth-order valence-electron chi connectivity index (χ4n) is 2.10. The van der Waals surface area contributed by atoms with Crippen molar-refractivity contribution in [3.05, 3.63) is 43.7 Å². The van der Waals surface area contributed by atoms with Gasteiger partial charge in [-0.2, -0.15) is 0 Å². The summed E-state index contributed by atoms with van der Waals surface area (Å²) in [6, 6.07) is 3.33. The normalized spacial score (nSPS) is 14.9. The second-order valence-corrected chi connectivity index (χ2v) is 4.78. The molecule has 3 rings (SSSR count). The maximum Gasteiger partial charge on any atom is 0.195 e. The molecule has 1 aliphatic heterocycles. The molecule has 2 heterocycles. The second-order valence-electron chi connectivity index (χ2n) is 4.00. The van der Waals surface area contributed by atoms with Gasteiger partial charge in [-0.3, -0.25) is 4.79 Å². The average molecular weight is 270 g/mol. The first-order valence-electron chi connectivity index (χ1n) is 5.28. The van der Waals surface area contributed by atoms with Crippen LogP contribution < -0.4 is 5.43 Å². The van der Waals surface area contributed by atoms with Gasteiger partial charge in [0.25, 0.3) is 0 Å². The van der Waals surface area contributed by atoms with Gasteiger partial charge in [-0.1, -0.05) is 23.2 Å². The van der Waals surface area contributed by atoms with Gasteiger partial charge in [-0.15, -0.1) is 0 Å². The largest absolute Gasteiger partial charge is 0.376 e. The van der Waals surface area contributed by atoms with Crippen molar-refractivity contribution in [2.75, 3.05) is 6.61 Å². The Labute approximate surface area is 107 Å². The van der Waals surface area contributed by atoms with Crippen LogP contribution in [0.2, 0.25) is 10.0 Å². The highest BCUT2D eigenvalue weighted by atomic mass is 35.5. The molecule has 0 atom stereocenters. The van der Waals surface area contributed by atoms with Gasteiger partial charge < -0.3 is 9.72 Å². The van der Waals surface area contributed by atoms with Crippen LogP contribution in [0.5, 0.6) is 0 Å². The van der Waals surface area contributed by atoms with E-state index in [1.165, 1.54) is 0 Å². The first-order valence-corrected chi connectivity index (χ1v) is 6.03. The molecule has 0 saturated heterocycles. The van der Waals surface area contributed by atoms with Gasteiger partial charge in [-0.25, -0.2) is 0 Å². The van der Waals surface area contributed by atoms with Crippen LogP contribution in [0.1, 0.15) is 11.3 Å². The predicted octanol–water partition coefficient (Wildman–Crippen LogP) is 2.91. The van der Waals surface area contributed by atoms with E-state index in [1.54, 1.807) is 12.1 Å². The molecule has 1 aromatic carbocycles. The number of H-pyrrole nitrogens is 1. The van der Waals surface area contributed by atoms with Gasteiger partial charge in [0.1, 0.15) is 0 Å². The Morgan fingerprint density at radius 1 is 1.29 bits per heavy atom. The Bertz CT molecular complexity index is 664. The minimum absolute atomic E-state index is 0.0213. The highest BCUT2D eigenvalue weighted by Gasteiger charge is 2.17. The number of aromatic nitrogens is 1. The topological polar surface area (TPSA) is 42.1 Å². The average Bonchev–Trinajstić information content (AvgIpc) is 2.35. The fraction of sp³-hybridized carbons (Fsp3) is 0.250. The molecule has 0 radical (unpaired) electrons. The summed E-state index contributed by atoms with van der Waals surface area (Å²) in [5.74, 6) is 0. The Hall–Kier alpha value is -1.03. The standard InChI is InChI=1S/C12H9Cl2NO2/c13-8-2-1-6-11(10(8)14)15-9-3-4-17-5-7(9)12(6)16/h1-2H,3-5H2,(H,15,16). The Balaban J connectivity index is 2.44. The van der Waals surface area contributed by atoms with Crippen LogP contribution in [0.15, 0.2) is 16.9 Å². The quantitative estimate of drug-likeness (QED) is 0.799. The molecular formula is C12H9Cl2NO2. The predicted molar refractivity (Wildman–Crippen MR) is 67.9 cm³/mol. The van der Waals surface area contributed by atoms with E-state index >= 15 is 0 Å². The van der Waals surface area contributed by atoms with Gasteiger partial charge >= 0.3 is 0 Å².